The summed E-state index contributed by atoms with van der Waals surface area (Å²) < 4.78 is 10.5. The van der Waals surface area contributed by atoms with Crippen molar-refractivity contribution < 1.29 is 9.47 Å². The van der Waals surface area contributed by atoms with Gasteiger partial charge in [0.15, 0.2) is 5.11 Å². The molecule has 4 nitrogen and oxygen atoms in total. The van der Waals surface area contributed by atoms with Crippen molar-refractivity contribution in [2.45, 2.75) is 12.8 Å². The van der Waals surface area contributed by atoms with Crippen LogP contribution in [0.3, 0.4) is 0 Å². The molecule has 1 fully saturated rings. The third-order valence-electron chi connectivity index (χ3n) is 2.97. The predicted molar refractivity (Wildman–Crippen MR) is 81.5 cm³/mol. The molecule has 2 N–H and O–H groups in total. The Hall–Kier alpha value is -1.20. The number of halogens is 1. The van der Waals surface area contributed by atoms with Gasteiger partial charge in [-0.3, -0.25) is 0 Å². The fourth-order valence-electron chi connectivity index (χ4n) is 1.68. The summed E-state index contributed by atoms with van der Waals surface area (Å²) in [5.41, 5.74) is 0.733. The number of rotatable bonds is 5. The van der Waals surface area contributed by atoms with Crippen molar-refractivity contribution in [2.75, 3.05) is 26.1 Å². The Labute approximate surface area is 123 Å². The molecule has 0 saturated heterocycles. The molecule has 0 amide bonds. The van der Waals surface area contributed by atoms with Gasteiger partial charge in [-0.05, 0) is 31.0 Å². The van der Waals surface area contributed by atoms with Crippen LogP contribution in [0.1, 0.15) is 12.8 Å². The molecule has 0 atom stereocenters. The number of benzene rings is 1. The first-order chi connectivity index (χ1) is 9.13. The molecular weight excluding hydrogens is 284 g/mol. The smallest absolute Gasteiger partial charge is 0.170 e. The van der Waals surface area contributed by atoms with E-state index < -0.39 is 0 Å². The van der Waals surface area contributed by atoms with E-state index in [4.69, 9.17) is 33.3 Å². The molecular formula is C13H17ClN2O2S. The van der Waals surface area contributed by atoms with Gasteiger partial charge in [-0.25, -0.2) is 0 Å². The third-order valence-corrected chi connectivity index (χ3v) is 3.51. The predicted octanol–water partition coefficient (Wildman–Crippen LogP) is 3.05. The molecule has 6 heteroatoms. The van der Waals surface area contributed by atoms with Crippen LogP contribution in [0, 0.1) is 5.92 Å². The zero-order valence-corrected chi connectivity index (χ0v) is 12.5. The Morgan fingerprint density at radius 2 is 2.00 bits per heavy atom. The molecule has 0 bridgehead atoms. The molecule has 104 valence electrons. The number of nitrogens with one attached hydrogen (secondary N) is 2. The van der Waals surface area contributed by atoms with Crippen LogP contribution >= 0.6 is 23.8 Å². The number of anilines is 1. The first kappa shape index (κ1) is 14.2. The Bertz CT molecular complexity index is 478. The molecule has 19 heavy (non-hydrogen) atoms. The number of hydrogen-bond donors (Lipinski definition) is 2. The third kappa shape index (κ3) is 3.88. The van der Waals surface area contributed by atoms with Crippen molar-refractivity contribution in [1.29, 1.82) is 0 Å². The Morgan fingerprint density at radius 3 is 2.58 bits per heavy atom. The van der Waals surface area contributed by atoms with Gasteiger partial charge in [0.1, 0.15) is 11.5 Å². The molecule has 1 aromatic carbocycles. The van der Waals surface area contributed by atoms with Gasteiger partial charge in [0.05, 0.1) is 24.9 Å². The Kier molecular flexibility index (Phi) is 4.71. The number of thiocarbonyl (C=S) groups is 1. The topological polar surface area (TPSA) is 42.5 Å². The molecule has 0 aliphatic heterocycles. The maximum absolute atomic E-state index is 6.05. The Morgan fingerprint density at radius 1 is 1.32 bits per heavy atom. The molecule has 1 aliphatic carbocycles. The maximum atomic E-state index is 6.05. The van der Waals surface area contributed by atoms with Crippen molar-refractivity contribution in [3.63, 3.8) is 0 Å². The lowest BCUT2D eigenvalue weighted by atomic mass is 10.2. The average molecular weight is 301 g/mol. The van der Waals surface area contributed by atoms with E-state index in [9.17, 15) is 0 Å². The van der Waals surface area contributed by atoms with E-state index in [1.807, 2.05) is 0 Å². The van der Waals surface area contributed by atoms with E-state index in [0.29, 0.717) is 21.6 Å². The molecule has 1 aliphatic rings. The second kappa shape index (κ2) is 6.30. The lowest BCUT2D eigenvalue weighted by Crippen LogP contribution is -2.30. The second-order valence-electron chi connectivity index (χ2n) is 4.47. The first-order valence-corrected chi connectivity index (χ1v) is 6.89. The van der Waals surface area contributed by atoms with Crippen molar-refractivity contribution in [1.82, 2.24) is 5.32 Å². The average Bonchev–Trinajstić information content (AvgIpc) is 3.22. The minimum absolute atomic E-state index is 0.502. The van der Waals surface area contributed by atoms with Gasteiger partial charge in [-0.15, -0.1) is 0 Å². The SMILES string of the molecule is COc1cc(NC(=S)NCC2CC2)c(OC)cc1Cl. The summed E-state index contributed by atoms with van der Waals surface area (Å²) in [6, 6.07) is 3.47. The van der Waals surface area contributed by atoms with Crippen LogP contribution in [0.15, 0.2) is 12.1 Å². The molecule has 0 unspecified atom stereocenters. The zero-order chi connectivity index (χ0) is 13.8. The highest BCUT2D eigenvalue weighted by Crippen LogP contribution is 2.35. The van der Waals surface area contributed by atoms with Crippen LogP contribution in [-0.2, 0) is 0 Å². The summed E-state index contributed by atoms with van der Waals surface area (Å²) >= 11 is 11.3. The summed E-state index contributed by atoms with van der Waals surface area (Å²) in [6.07, 6.45) is 2.57. The van der Waals surface area contributed by atoms with Gasteiger partial charge < -0.3 is 20.1 Å². The van der Waals surface area contributed by atoms with Crippen molar-refractivity contribution >= 4 is 34.6 Å². The minimum atomic E-state index is 0.502. The zero-order valence-electron chi connectivity index (χ0n) is 11.0. The highest BCUT2D eigenvalue weighted by molar-refractivity contribution is 7.80. The number of ether oxygens (including phenoxy) is 2. The van der Waals surface area contributed by atoms with E-state index in [0.717, 1.165) is 18.2 Å². The first-order valence-electron chi connectivity index (χ1n) is 6.10. The lowest BCUT2D eigenvalue weighted by Gasteiger charge is -2.15. The summed E-state index contributed by atoms with van der Waals surface area (Å²) in [6.45, 7) is 0.916. The molecule has 0 spiro atoms. The van der Waals surface area contributed by atoms with Crippen LogP contribution in [0.4, 0.5) is 5.69 Å². The van der Waals surface area contributed by atoms with Crippen LogP contribution in [-0.4, -0.2) is 25.9 Å². The molecule has 1 saturated carbocycles. The molecule has 0 aromatic heterocycles. The maximum Gasteiger partial charge on any atom is 0.170 e. The lowest BCUT2D eigenvalue weighted by molar-refractivity contribution is 0.405. The quantitative estimate of drug-likeness (QED) is 0.818. The van der Waals surface area contributed by atoms with Crippen molar-refractivity contribution in [2.24, 2.45) is 5.92 Å². The van der Waals surface area contributed by atoms with E-state index in [-0.39, 0.29) is 0 Å². The van der Waals surface area contributed by atoms with Crippen LogP contribution in [0.5, 0.6) is 11.5 Å². The largest absolute Gasteiger partial charge is 0.495 e. The summed E-state index contributed by atoms with van der Waals surface area (Å²) in [4.78, 5) is 0. The summed E-state index contributed by atoms with van der Waals surface area (Å²) in [5, 5.41) is 7.37. The highest BCUT2D eigenvalue weighted by atomic mass is 35.5. The number of methoxy groups -OCH3 is 2. The summed E-state index contributed by atoms with van der Waals surface area (Å²) in [5.74, 6) is 1.97. The van der Waals surface area contributed by atoms with E-state index in [1.165, 1.54) is 12.8 Å². The second-order valence-corrected chi connectivity index (χ2v) is 5.28. The number of hydrogen-bond acceptors (Lipinski definition) is 3. The fraction of sp³-hybridized carbons (Fsp3) is 0.462. The fourth-order valence-corrected chi connectivity index (χ4v) is 2.11. The molecule has 0 heterocycles. The molecule has 0 radical (unpaired) electrons. The standard InChI is InChI=1S/C13H17ClN2O2S/c1-17-11-6-10(12(18-2)5-9(11)14)16-13(19)15-7-8-3-4-8/h5-6,8H,3-4,7H2,1-2H3,(H2,15,16,19). The van der Waals surface area contributed by atoms with Gasteiger partial charge in [0.2, 0.25) is 0 Å². The van der Waals surface area contributed by atoms with Crippen LogP contribution in [0.2, 0.25) is 5.02 Å². The van der Waals surface area contributed by atoms with Gasteiger partial charge in [-0.2, -0.15) is 0 Å². The van der Waals surface area contributed by atoms with Crippen LogP contribution in [0.25, 0.3) is 0 Å². The van der Waals surface area contributed by atoms with Crippen molar-refractivity contribution in [3.8, 4) is 11.5 Å². The molecule has 2 rings (SSSR count). The van der Waals surface area contributed by atoms with Gasteiger partial charge in [0.25, 0.3) is 0 Å². The van der Waals surface area contributed by atoms with E-state index in [2.05, 4.69) is 10.6 Å². The van der Waals surface area contributed by atoms with E-state index >= 15 is 0 Å². The molecule has 1 aromatic rings. The normalized spacial score (nSPS) is 13.8. The van der Waals surface area contributed by atoms with Crippen LogP contribution < -0.4 is 20.1 Å². The monoisotopic (exact) mass is 300 g/mol. The summed E-state index contributed by atoms with van der Waals surface area (Å²) in [7, 11) is 3.16. The Balaban J connectivity index is 2.05. The minimum Gasteiger partial charge on any atom is -0.495 e. The van der Waals surface area contributed by atoms with Gasteiger partial charge in [-0.1, -0.05) is 11.6 Å². The van der Waals surface area contributed by atoms with Gasteiger partial charge in [0, 0.05) is 18.7 Å². The van der Waals surface area contributed by atoms with Gasteiger partial charge >= 0.3 is 0 Å². The van der Waals surface area contributed by atoms with Crippen molar-refractivity contribution in [3.05, 3.63) is 17.2 Å². The highest BCUT2D eigenvalue weighted by Gasteiger charge is 2.21. The van der Waals surface area contributed by atoms with E-state index in [1.54, 1.807) is 26.4 Å².